The normalized spacial score (nSPS) is 46.0. The second-order valence-corrected chi connectivity index (χ2v) is 3.50. The second kappa shape index (κ2) is 1.48. The predicted octanol–water partition coefficient (Wildman–Crippen LogP) is 1.23. The topological polar surface area (TPSA) is 26.0 Å². The SMILES string of the molecule is NC1(C2CC(F)C2)CC1. The predicted molar refractivity (Wildman–Crippen MR) is 33.8 cm³/mol. The zero-order valence-electron chi connectivity index (χ0n) is 5.44. The summed E-state index contributed by atoms with van der Waals surface area (Å²) >= 11 is 0. The van der Waals surface area contributed by atoms with Gasteiger partial charge in [-0.25, -0.2) is 4.39 Å². The number of nitrogens with two attached hydrogens (primary N) is 1. The van der Waals surface area contributed by atoms with Gasteiger partial charge in [-0.2, -0.15) is 0 Å². The Morgan fingerprint density at radius 2 is 1.89 bits per heavy atom. The third kappa shape index (κ3) is 0.767. The van der Waals surface area contributed by atoms with Crippen LogP contribution in [0.4, 0.5) is 4.39 Å². The number of alkyl halides is 1. The van der Waals surface area contributed by atoms with Gasteiger partial charge < -0.3 is 5.73 Å². The molecule has 52 valence electrons. The summed E-state index contributed by atoms with van der Waals surface area (Å²) in [6.45, 7) is 0. The lowest BCUT2D eigenvalue weighted by molar-refractivity contribution is 0.103. The summed E-state index contributed by atoms with van der Waals surface area (Å²) in [5, 5.41) is 0. The van der Waals surface area contributed by atoms with Gasteiger partial charge in [-0.1, -0.05) is 0 Å². The molecule has 0 heterocycles. The first-order valence-electron chi connectivity index (χ1n) is 3.64. The molecule has 0 bridgehead atoms. The molecule has 0 atom stereocenters. The Kier molecular flexibility index (Phi) is 0.933. The molecular formula is C7H12FN. The van der Waals surface area contributed by atoms with E-state index < -0.39 is 6.17 Å². The van der Waals surface area contributed by atoms with E-state index in [1.807, 2.05) is 0 Å². The maximum absolute atomic E-state index is 12.3. The highest BCUT2D eigenvalue weighted by molar-refractivity contribution is 5.08. The van der Waals surface area contributed by atoms with Crippen molar-refractivity contribution in [1.82, 2.24) is 0 Å². The molecule has 0 aromatic carbocycles. The van der Waals surface area contributed by atoms with Crippen molar-refractivity contribution in [1.29, 1.82) is 0 Å². The molecule has 2 aliphatic carbocycles. The van der Waals surface area contributed by atoms with Crippen LogP contribution >= 0.6 is 0 Å². The average molecular weight is 129 g/mol. The Bertz CT molecular complexity index is 125. The van der Waals surface area contributed by atoms with Gasteiger partial charge >= 0.3 is 0 Å². The second-order valence-electron chi connectivity index (χ2n) is 3.50. The van der Waals surface area contributed by atoms with Crippen LogP contribution < -0.4 is 5.73 Å². The van der Waals surface area contributed by atoms with Gasteiger partial charge in [-0.05, 0) is 31.6 Å². The Morgan fingerprint density at radius 1 is 1.33 bits per heavy atom. The summed E-state index contributed by atoms with van der Waals surface area (Å²) in [7, 11) is 0. The first-order valence-corrected chi connectivity index (χ1v) is 3.64. The van der Waals surface area contributed by atoms with Crippen molar-refractivity contribution < 1.29 is 4.39 Å². The summed E-state index contributed by atoms with van der Waals surface area (Å²) in [5.41, 5.74) is 5.93. The van der Waals surface area contributed by atoms with Gasteiger partial charge in [0.1, 0.15) is 6.17 Å². The van der Waals surface area contributed by atoms with Crippen molar-refractivity contribution in [2.75, 3.05) is 0 Å². The van der Waals surface area contributed by atoms with Gasteiger partial charge in [-0.15, -0.1) is 0 Å². The molecule has 9 heavy (non-hydrogen) atoms. The van der Waals surface area contributed by atoms with Crippen molar-refractivity contribution in [3.05, 3.63) is 0 Å². The van der Waals surface area contributed by atoms with Gasteiger partial charge in [0, 0.05) is 5.54 Å². The van der Waals surface area contributed by atoms with Crippen LogP contribution in [0, 0.1) is 5.92 Å². The summed E-state index contributed by atoms with van der Waals surface area (Å²) in [4.78, 5) is 0. The molecule has 0 aromatic heterocycles. The van der Waals surface area contributed by atoms with Crippen molar-refractivity contribution in [2.24, 2.45) is 11.7 Å². The number of hydrogen-bond acceptors (Lipinski definition) is 1. The van der Waals surface area contributed by atoms with E-state index in [-0.39, 0.29) is 5.54 Å². The fourth-order valence-corrected chi connectivity index (χ4v) is 1.57. The molecule has 0 saturated heterocycles. The van der Waals surface area contributed by atoms with Crippen LogP contribution in [-0.2, 0) is 0 Å². The van der Waals surface area contributed by atoms with Gasteiger partial charge in [0.15, 0.2) is 0 Å². The quantitative estimate of drug-likeness (QED) is 0.566. The largest absolute Gasteiger partial charge is 0.325 e. The lowest BCUT2D eigenvalue weighted by atomic mass is 9.77. The molecular weight excluding hydrogens is 117 g/mol. The zero-order chi connectivity index (χ0) is 6.48. The van der Waals surface area contributed by atoms with Gasteiger partial charge in [0.2, 0.25) is 0 Å². The molecule has 2 aliphatic rings. The fraction of sp³-hybridized carbons (Fsp3) is 1.00. The van der Waals surface area contributed by atoms with Crippen molar-refractivity contribution >= 4 is 0 Å². The monoisotopic (exact) mass is 129 g/mol. The van der Waals surface area contributed by atoms with Crippen molar-refractivity contribution in [2.45, 2.75) is 37.4 Å². The van der Waals surface area contributed by atoms with E-state index in [0.717, 1.165) is 25.7 Å². The van der Waals surface area contributed by atoms with Crippen LogP contribution in [0.3, 0.4) is 0 Å². The minimum absolute atomic E-state index is 0.0859. The van der Waals surface area contributed by atoms with Crippen LogP contribution in [0.5, 0.6) is 0 Å². The minimum atomic E-state index is -0.531. The Morgan fingerprint density at radius 3 is 2.22 bits per heavy atom. The lowest BCUT2D eigenvalue weighted by Gasteiger charge is -2.34. The van der Waals surface area contributed by atoms with E-state index in [0.29, 0.717) is 5.92 Å². The molecule has 2 heteroatoms. The molecule has 2 saturated carbocycles. The summed E-state index contributed by atoms with van der Waals surface area (Å²) in [6, 6.07) is 0. The van der Waals surface area contributed by atoms with Gasteiger partial charge in [-0.3, -0.25) is 0 Å². The number of rotatable bonds is 1. The molecule has 0 aromatic rings. The van der Waals surface area contributed by atoms with Crippen LogP contribution in [0.1, 0.15) is 25.7 Å². The lowest BCUT2D eigenvalue weighted by Crippen LogP contribution is -2.42. The number of halogens is 1. The van der Waals surface area contributed by atoms with Gasteiger partial charge in [0.05, 0.1) is 0 Å². The maximum Gasteiger partial charge on any atom is 0.101 e. The van der Waals surface area contributed by atoms with Crippen molar-refractivity contribution in [3.63, 3.8) is 0 Å². The molecule has 0 unspecified atom stereocenters. The highest BCUT2D eigenvalue weighted by Crippen LogP contribution is 2.49. The Hall–Kier alpha value is -0.110. The maximum atomic E-state index is 12.3. The smallest absolute Gasteiger partial charge is 0.101 e. The van der Waals surface area contributed by atoms with E-state index in [4.69, 9.17) is 5.73 Å². The molecule has 2 rings (SSSR count). The molecule has 0 amide bonds. The first kappa shape index (κ1) is 5.66. The molecule has 0 radical (unpaired) electrons. The third-order valence-electron chi connectivity index (χ3n) is 2.72. The molecule has 1 nitrogen and oxygen atoms in total. The minimum Gasteiger partial charge on any atom is -0.325 e. The van der Waals surface area contributed by atoms with Crippen molar-refractivity contribution in [3.8, 4) is 0 Å². The fourth-order valence-electron chi connectivity index (χ4n) is 1.57. The van der Waals surface area contributed by atoms with E-state index >= 15 is 0 Å². The third-order valence-corrected chi connectivity index (χ3v) is 2.72. The summed E-state index contributed by atoms with van der Waals surface area (Å²) < 4.78 is 12.3. The highest BCUT2D eigenvalue weighted by atomic mass is 19.1. The molecule has 2 fully saturated rings. The standard InChI is InChI=1S/C7H12FN/c8-6-3-5(4-6)7(9)1-2-7/h5-6H,1-4,9H2. The summed E-state index contributed by atoms with van der Waals surface area (Å²) in [6.07, 6.45) is 3.19. The van der Waals surface area contributed by atoms with Crippen LogP contribution in [0.25, 0.3) is 0 Å². The first-order chi connectivity index (χ1) is 4.21. The molecule has 0 spiro atoms. The average Bonchev–Trinajstić information content (AvgIpc) is 2.41. The summed E-state index contributed by atoms with van der Waals surface area (Å²) in [5.74, 6) is 0.521. The molecule has 2 N–H and O–H groups in total. The zero-order valence-corrected chi connectivity index (χ0v) is 5.44. The van der Waals surface area contributed by atoms with Crippen LogP contribution in [-0.4, -0.2) is 11.7 Å². The van der Waals surface area contributed by atoms with E-state index in [1.54, 1.807) is 0 Å². The number of hydrogen-bond donors (Lipinski definition) is 1. The van der Waals surface area contributed by atoms with E-state index in [1.165, 1.54) is 0 Å². The van der Waals surface area contributed by atoms with E-state index in [9.17, 15) is 4.39 Å². The highest BCUT2D eigenvalue weighted by Gasteiger charge is 2.50. The van der Waals surface area contributed by atoms with Crippen LogP contribution in [0.15, 0.2) is 0 Å². The Labute approximate surface area is 54.4 Å². The van der Waals surface area contributed by atoms with E-state index in [2.05, 4.69) is 0 Å². The van der Waals surface area contributed by atoms with Gasteiger partial charge in [0.25, 0.3) is 0 Å². The van der Waals surface area contributed by atoms with Crippen LogP contribution in [0.2, 0.25) is 0 Å². The Balaban J connectivity index is 1.89. The molecule has 0 aliphatic heterocycles.